The maximum Gasteiger partial charge on any atom is 0.419 e. The third kappa shape index (κ3) is 5.31. The Morgan fingerprint density at radius 1 is 1.00 bits per heavy atom. The maximum absolute atomic E-state index is 14.1. The summed E-state index contributed by atoms with van der Waals surface area (Å²) in [6.45, 7) is 9.05. The Morgan fingerprint density at radius 2 is 1.66 bits per heavy atom. The molecule has 0 saturated carbocycles. The van der Waals surface area contributed by atoms with Crippen LogP contribution in [-0.2, 0) is 24.3 Å². The molecule has 1 N–H and O–H groups in total. The number of ether oxygens (including phenoxy) is 2. The number of halogens is 1. The summed E-state index contributed by atoms with van der Waals surface area (Å²) >= 11 is 0. The molecular weight excluding hydrogens is 515 g/mol. The summed E-state index contributed by atoms with van der Waals surface area (Å²) in [5.74, 6) is -1.28. The summed E-state index contributed by atoms with van der Waals surface area (Å²) in [6.07, 6.45) is 0.815. The van der Waals surface area contributed by atoms with Crippen molar-refractivity contribution in [3.63, 3.8) is 0 Å². The van der Waals surface area contributed by atoms with E-state index in [4.69, 9.17) is 9.47 Å². The van der Waals surface area contributed by atoms with Crippen molar-refractivity contribution in [3.8, 4) is 11.1 Å². The van der Waals surface area contributed by atoms with Gasteiger partial charge in [-0.05, 0) is 83.0 Å². The molecule has 9 nitrogen and oxygen atoms in total. The van der Waals surface area contributed by atoms with Gasteiger partial charge in [0.25, 0.3) is 0 Å². The van der Waals surface area contributed by atoms with Crippen molar-refractivity contribution in [2.75, 3.05) is 13.2 Å². The van der Waals surface area contributed by atoms with E-state index in [-0.39, 0.29) is 10.4 Å². The summed E-state index contributed by atoms with van der Waals surface area (Å²) in [4.78, 5) is 25.3. The van der Waals surface area contributed by atoms with Crippen LogP contribution >= 0.6 is 0 Å². The standard InChI is InChI=1S/C27H31FN2O7S/c1-26(2,3)36-24(32)14-30-22(15-31)19-11-16(7-10-23(19)38(30,34)35)20-13-29(25(33)37-27(4,5)6)21-12-17(28)8-9-18(20)21/h7-13,22,31H,14-15H2,1-6H3. The Bertz CT molecular complexity index is 1530. The number of carbonyl (C=O) groups is 2. The normalized spacial score (nSPS) is 17.4. The summed E-state index contributed by atoms with van der Waals surface area (Å²) in [5.41, 5.74) is 0.0665. The molecule has 2 heterocycles. The Labute approximate surface area is 220 Å². The minimum Gasteiger partial charge on any atom is -0.459 e. The summed E-state index contributed by atoms with van der Waals surface area (Å²) in [7, 11) is -4.09. The predicted octanol–water partition coefficient (Wildman–Crippen LogP) is 4.61. The maximum atomic E-state index is 14.1. The van der Waals surface area contributed by atoms with Crippen LogP contribution in [0.1, 0.15) is 53.1 Å². The molecule has 0 spiro atoms. The zero-order chi connectivity index (χ0) is 28.2. The smallest absolute Gasteiger partial charge is 0.419 e. The number of rotatable bonds is 4. The third-order valence-electron chi connectivity index (χ3n) is 5.85. The fraction of sp³-hybridized carbons (Fsp3) is 0.407. The average molecular weight is 547 g/mol. The van der Waals surface area contributed by atoms with Crippen molar-refractivity contribution in [2.24, 2.45) is 0 Å². The molecule has 38 heavy (non-hydrogen) atoms. The van der Waals surface area contributed by atoms with Crippen molar-refractivity contribution in [1.82, 2.24) is 8.87 Å². The Kier molecular flexibility index (Phi) is 6.92. The van der Waals surface area contributed by atoms with Crippen molar-refractivity contribution >= 4 is 33.0 Å². The van der Waals surface area contributed by atoms with Gasteiger partial charge >= 0.3 is 12.1 Å². The molecule has 2 aromatic carbocycles. The van der Waals surface area contributed by atoms with Crippen molar-refractivity contribution in [2.45, 2.75) is 63.7 Å². The topological polar surface area (TPSA) is 115 Å². The molecule has 0 aliphatic carbocycles. The number of aromatic nitrogens is 1. The fourth-order valence-electron chi connectivity index (χ4n) is 4.44. The largest absolute Gasteiger partial charge is 0.459 e. The van der Waals surface area contributed by atoms with Gasteiger partial charge in [0, 0.05) is 17.1 Å². The molecule has 204 valence electrons. The molecule has 11 heteroatoms. The Morgan fingerprint density at radius 3 is 2.26 bits per heavy atom. The highest BCUT2D eigenvalue weighted by molar-refractivity contribution is 7.89. The van der Waals surface area contributed by atoms with Gasteiger partial charge in [-0.3, -0.25) is 9.36 Å². The van der Waals surface area contributed by atoms with E-state index in [2.05, 4.69) is 0 Å². The fourth-order valence-corrected chi connectivity index (χ4v) is 6.21. The number of sulfonamides is 1. The van der Waals surface area contributed by atoms with Gasteiger partial charge in [-0.15, -0.1) is 0 Å². The Balaban J connectivity index is 1.79. The van der Waals surface area contributed by atoms with E-state index in [1.807, 2.05) is 0 Å². The quantitative estimate of drug-likeness (QED) is 0.475. The number of fused-ring (bicyclic) bond motifs is 2. The minimum atomic E-state index is -4.09. The van der Waals surface area contributed by atoms with E-state index in [1.54, 1.807) is 53.7 Å². The number of esters is 1. The highest BCUT2D eigenvalue weighted by Crippen LogP contribution is 2.42. The van der Waals surface area contributed by atoms with Gasteiger partial charge in [0.2, 0.25) is 10.0 Å². The van der Waals surface area contributed by atoms with Crippen molar-refractivity contribution < 1.29 is 37.0 Å². The second kappa shape index (κ2) is 9.48. The molecule has 3 aromatic rings. The first-order valence-corrected chi connectivity index (χ1v) is 13.5. The first kappa shape index (κ1) is 27.7. The van der Waals surface area contributed by atoms with Crippen LogP contribution in [0.25, 0.3) is 22.0 Å². The van der Waals surface area contributed by atoms with Gasteiger partial charge in [0.15, 0.2) is 0 Å². The van der Waals surface area contributed by atoms with E-state index in [0.29, 0.717) is 22.1 Å². The van der Waals surface area contributed by atoms with E-state index in [9.17, 15) is 27.5 Å². The predicted molar refractivity (Wildman–Crippen MR) is 139 cm³/mol. The lowest BCUT2D eigenvalue weighted by molar-refractivity contribution is -0.155. The first-order valence-electron chi connectivity index (χ1n) is 12.0. The number of nitrogens with zero attached hydrogens (tertiary/aromatic N) is 2. The molecule has 4 rings (SSSR count). The number of aliphatic hydroxyl groups is 1. The summed E-state index contributed by atoms with van der Waals surface area (Å²) in [6, 6.07) is 7.57. The van der Waals surface area contributed by atoms with Crippen LogP contribution in [0.2, 0.25) is 0 Å². The minimum absolute atomic E-state index is 0.0363. The van der Waals surface area contributed by atoms with Gasteiger partial charge < -0.3 is 14.6 Å². The molecule has 0 bridgehead atoms. The lowest BCUT2D eigenvalue weighted by Crippen LogP contribution is -2.38. The summed E-state index contributed by atoms with van der Waals surface area (Å²) in [5, 5.41) is 10.7. The van der Waals surface area contributed by atoms with Crippen LogP contribution in [0, 0.1) is 5.82 Å². The number of benzene rings is 2. The SMILES string of the molecule is CC(C)(C)OC(=O)CN1C(CO)c2cc(-c3cn(C(=O)OC(C)(C)C)c4cc(F)ccc34)ccc2S1(=O)=O. The number of hydrogen-bond acceptors (Lipinski definition) is 7. The average Bonchev–Trinajstić information content (AvgIpc) is 3.24. The zero-order valence-corrected chi connectivity index (χ0v) is 22.9. The van der Waals surface area contributed by atoms with Crippen LogP contribution in [-0.4, -0.2) is 58.8 Å². The number of aliphatic hydroxyl groups excluding tert-OH is 1. The van der Waals surface area contributed by atoms with Crippen LogP contribution in [0.3, 0.4) is 0 Å². The molecule has 1 aliphatic heterocycles. The highest BCUT2D eigenvalue weighted by atomic mass is 32.2. The second-order valence-electron chi connectivity index (χ2n) is 11.1. The molecule has 1 atom stereocenters. The molecule has 1 unspecified atom stereocenters. The van der Waals surface area contributed by atoms with Crippen molar-refractivity contribution in [3.05, 3.63) is 54.0 Å². The van der Waals surface area contributed by atoms with Gasteiger partial charge in [0.1, 0.15) is 23.6 Å². The molecule has 1 aromatic heterocycles. The monoisotopic (exact) mass is 546 g/mol. The van der Waals surface area contributed by atoms with Crippen molar-refractivity contribution in [1.29, 1.82) is 0 Å². The molecule has 0 saturated heterocycles. The van der Waals surface area contributed by atoms with E-state index >= 15 is 0 Å². The van der Waals surface area contributed by atoms with Gasteiger partial charge in [0.05, 0.1) is 23.1 Å². The second-order valence-corrected chi connectivity index (χ2v) is 13.0. The number of hydrogen-bond donors (Lipinski definition) is 1. The van der Waals surface area contributed by atoms with E-state index in [1.165, 1.54) is 35.0 Å². The lowest BCUT2D eigenvalue weighted by Gasteiger charge is -2.24. The highest BCUT2D eigenvalue weighted by Gasteiger charge is 2.44. The first-order chi connectivity index (χ1) is 17.5. The Hall–Kier alpha value is -3.28. The number of carbonyl (C=O) groups excluding carboxylic acids is 2. The molecular formula is C27H31FN2O7S. The van der Waals surface area contributed by atoms with Gasteiger partial charge in [-0.25, -0.2) is 17.6 Å². The zero-order valence-electron chi connectivity index (χ0n) is 22.1. The molecule has 0 amide bonds. The van der Waals surface area contributed by atoms with Crippen LogP contribution < -0.4 is 0 Å². The molecule has 0 radical (unpaired) electrons. The van der Waals surface area contributed by atoms with Crippen LogP contribution in [0.4, 0.5) is 9.18 Å². The molecule has 0 fully saturated rings. The van der Waals surface area contributed by atoms with Gasteiger partial charge in [-0.1, -0.05) is 6.07 Å². The lowest BCUT2D eigenvalue weighted by atomic mass is 9.99. The van der Waals surface area contributed by atoms with E-state index < -0.39 is 58.3 Å². The molecule has 1 aliphatic rings. The van der Waals surface area contributed by atoms with Crippen LogP contribution in [0.5, 0.6) is 0 Å². The third-order valence-corrected chi connectivity index (χ3v) is 7.78. The summed E-state index contributed by atoms with van der Waals surface area (Å²) < 4.78 is 53.6. The van der Waals surface area contributed by atoms with Gasteiger partial charge in [-0.2, -0.15) is 4.31 Å². The van der Waals surface area contributed by atoms with E-state index in [0.717, 1.165) is 4.31 Å². The van der Waals surface area contributed by atoms with Crippen LogP contribution in [0.15, 0.2) is 47.5 Å².